The Kier molecular flexibility index (Phi) is 9.47. The molecular formula is C29H38ClF2N5O7. The van der Waals surface area contributed by atoms with Gasteiger partial charge in [0.1, 0.15) is 41.8 Å². The molecule has 1 amide bonds. The van der Waals surface area contributed by atoms with E-state index < -0.39 is 60.4 Å². The summed E-state index contributed by atoms with van der Waals surface area (Å²) in [5, 5.41) is 36.0. The SMILES string of the molecule is CO[C@@H]1[C@@H](n2cc(-c3ccc(Cl)c(F)c3F)nn2)[C@@H](O)[C@@H](CO)O[C@@H]1CC1=NOC2(CCC(OC(=O)NC(C)(C)C)CC2)C1. The second kappa shape index (κ2) is 12.8. The lowest BCUT2D eigenvalue weighted by Gasteiger charge is -2.43. The van der Waals surface area contributed by atoms with Crippen LogP contribution in [-0.4, -0.2) is 92.4 Å². The van der Waals surface area contributed by atoms with Crippen molar-refractivity contribution in [2.45, 2.75) is 107 Å². The van der Waals surface area contributed by atoms with Crippen molar-refractivity contribution in [2.24, 2.45) is 5.16 Å². The maximum atomic E-state index is 14.6. The fourth-order valence-electron chi connectivity index (χ4n) is 6.13. The molecule has 242 valence electrons. The van der Waals surface area contributed by atoms with E-state index >= 15 is 0 Å². The minimum atomic E-state index is -1.26. The molecule has 1 aliphatic carbocycles. The molecule has 2 aliphatic heterocycles. The standard InChI is InChI=1S/C29H38ClF2N5O7/c1-28(2,3)33-27(40)42-16-7-9-29(10-8-16)12-15(35-44-29)11-20-26(41-4)24(25(39)21(14-38)43-20)37-13-19(34-36-37)17-5-6-18(30)23(32)22(17)31/h5-6,13,16,20-21,24-26,38-39H,7-12,14H2,1-4H3,(H,33,40)/t16?,20-,21-,24+,25+,26+,29?/m1/s1. The number of halogens is 3. The number of rotatable bonds is 7. The van der Waals surface area contributed by atoms with Crippen molar-refractivity contribution in [3.63, 3.8) is 0 Å². The molecule has 1 spiro atoms. The van der Waals surface area contributed by atoms with E-state index in [-0.39, 0.29) is 34.3 Å². The molecule has 1 saturated heterocycles. The molecule has 3 heterocycles. The number of hydrogen-bond donors (Lipinski definition) is 3. The molecule has 1 aromatic carbocycles. The van der Waals surface area contributed by atoms with Gasteiger partial charge in [-0.3, -0.25) is 0 Å². The van der Waals surface area contributed by atoms with Crippen LogP contribution in [0.4, 0.5) is 13.6 Å². The molecule has 12 nitrogen and oxygen atoms in total. The minimum Gasteiger partial charge on any atom is -0.446 e. The van der Waals surface area contributed by atoms with E-state index in [9.17, 15) is 23.8 Å². The number of aliphatic hydroxyl groups is 2. The molecule has 2 aromatic rings. The van der Waals surface area contributed by atoms with Gasteiger partial charge in [-0.1, -0.05) is 22.0 Å². The van der Waals surface area contributed by atoms with Crippen molar-refractivity contribution in [1.82, 2.24) is 20.3 Å². The van der Waals surface area contributed by atoms with Crippen LogP contribution in [0.1, 0.15) is 65.3 Å². The summed E-state index contributed by atoms with van der Waals surface area (Å²) >= 11 is 5.68. The quantitative estimate of drug-likeness (QED) is 0.382. The van der Waals surface area contributed by atoms with Gasteiger partial charge in [-0.05, 0) is 58.6 Å². The number of aromatic nitrogens is 3. The second-order valence-electron chi connectivity index (χ2n) is 12.7. The number of hydrogen-bond acceptors (Lipinski definition) is 10. The molecule has 1 aromatic heterocycles. The maximum Gasteiger partial charge on any atom is 0.407 e. The van der Waals surface area contributed by atoms with E-state index in [0.29, 0.717) is 32.1 Å². The van der Waals surface area contributed by atoms with Gasteiger partial charge in [-0.2, -0.15) is 0 Å². The van der Waals surface area contributed by atoms with Crippen LogP contribution in [0.3, 0.4) is 0 Å². The predicted octanol–water partition coefficient (Wildman–Crippen LogP) is 3.93. The van der Waals surface area contributed by atoms with E-state index in [2.05, 4.69) is 20.8 Å². The summed E-state index contributed by atoms with van der Waals surface area (Å²) in [4.78, 5) is 18.1. The Hall–Kier alpha value is -2.91. The van der Waals surface area contributed by atoms with E-state index in [4.69, 9.17) is 30.6 Å². The van der Waals surface area contributed by atoms with Crippen LogP contribution in [-0.2, 0) is 19.0 Å². The smallest absolute Gasteiger partial charge is 0.407 e. The monoisotopic (exact) mass is 641 g/mol. The predicted molar refractivity (Wildman–Crippen MR) is 154 cm³/mol. The summed E-state index contributed by atoms with van der Waals surface area (Å²) in [6.07, 6.45) is 0.408. The Morgan fingerprint density at radius 1 is 1.23 bits per heavy atom. The van der Waals surface area contributed by atoms with Gasteiger partial charge >= 0.3 is 6.09 Å². The highest BCUT2D eigenvalue weighted by Crippen LogP contribution is 2.42. The Balaban J connectivity index is 1.26. The van der Waals surface area contributed by atoms with E-state index in [1.54, 1.807) is 0 Å². The van der Waals surface area contributed by atoms with Gasteiger partial charge in [-0.15, -0.1) is 5.10 Å². The number of alkyl carbamates (subject to hydrolysis) is 1. The normalized spacial score (nSPS) is 30.6. The Morgan fingerprint density at radius 2 is 1.95 bits per heavy atom. The summed E-state index contributed by atoms with van der Waals surface area (Å²) in [6, 6.07) is 1.62. The lowest BCUT2D eigenvalue weighted by atomic mass is 9.79. The van der Waals surface area contributed by atoms with Gasteiger partial charge in [0, 0.05) is 31.1 Å². The van der Waals surface area contributed by atoms with Crippen LogP contribution >= 0.6 is 11.6 Å². The van der Waals surface area contributed by atoms with Gasteiger partial charge in [0.05, 0.1) is 29.6 Å². The zero-order chi connectivity index (χ0) is 31.8. The van der Waals surface area contributed by atoms with Gasteiger partial charge in [0.2, 0.25) is 0 Å². The summed E-state index contributed by atoms with van der Waals surface area (Å²) in [5.74, 6) is -2.38. The van der Waals surface area contributed by atoms with Crippen molar-refractivity contribution in [1.29, 1.82) is 0 Å². The van der Waals surface area contributed by atoms with Crippen LogP contribution in [0.5, 0.6) is 0 Å². The molecule has 0 bridgehead atoms. The number of oxime groups is 1. The number of nitrogens with one attached hydrogen (secondary N) is 1. The summed E-state index contributed by atoms with van der Waals surface area (Å²) in [7, 11) is 1.46. The number of aliphatic hydroxyl groups excluding tert-OH is 2. The number of carbonyl (C=O) groups excluding carboxylic acids is 1. The fraction of sp³-hybridized carbons (Fsp3) is 0.655. The topological polar surface area (TPSA) is 150 Å². The van der Waals surface area contributed by atoms with Crippen molar-refractivity contribution in [3.8, 4) is 11.3 Å². The molecule has 0 unspecified atom stereocenters. The lowest BCUT2D eigenvalue weighted by Crippen LogP contribution is -2.57. The number of benzene rings is 1. The average molecular weight is 642 g/mol. The highest BCUT2D eigenvalue weighted by molar-refractivity contribution is 6.30. The average Bonchev–Trinajstić information content (AvgIpc) is 3.60. The third-order valence-corrected chi connectivity index (χ3v) is 8.58. The number of amides is 1. The highest BCUT2D eigenvalue weighted by atomic mass is 35.5. The Labute approximate surface area is 258 Å². The minimum absolute atomic E-state index is 0.0229. The molecular weight excluding hydrogens is 604 g/mol. The zero-order valence-electron chi connectivity index (χ0n) is 25.0. The van der Waals surface area contributed by atoms with E-state index in [0.717, 1.165) is 5.71 Å². The third kappa shape index (κ3) is 6.84. The second-order valence-corrected chi connectivity index (χ2v) is 13.1. The third-order valence-electron chi connectivity index (χ3n) is 8.29. The van der Waals surface area contributed by atoms with Crippen molar-refractivity contribution < 1.29 is 42.8 Å². The maximum absolute atomic E-state index is 14.6. The van der Waals surface area contributed by atoms with E-state index in [1.807, 2.05) is 20.8 Å². The fourth-order valence-corrected chi connectivity index (χ4v) is 6.28. The first-order valence-corrected chi connectivity index (χ1v) is 15.0. The van der Waals surface area contributed by atoms with Crippen LogP contribution < -0.4 is 5.32 Å². The summed E-state index contributed by atoms with van der Waals surface area (Å²) in [5.41, 5.74) is -0.302. The first-order valence-electron chi connectivity index (χ1n) is 14.6. The Bertz CT molecular complexity index is 1380. The van der Waals surface area contributed by atoms with Gasteiger partial charge in [0.25, 0.3) is 0 Å². The summed E-state index contributed by atoms with van der Waals surface area (Å²) in [6.45, 7) is 5.18. The highest BCUT2D eigenvalue weighted by Gasteiger charge is 2.49. The van der Waals surface area contributed by atoms with Crippen molar-refractivity contribution >= 4 is 23.4 Å². The molecule has 15 heteroatoms. The molecule has 2 fully saturated rings. The molecule has 0 radical (unpaired) electrons. The number of ether oxygens (including phenoxy) is 3. The largest absolute Gasteiger partial charge is 0.446 e. The lowest BCUT2D eigenvalue weighted by molar-refractivity contribution is -0.210. The van der Waals surface area contributed by atoms with Crippen LogP contribution in [0.15, 0.2) is 23.5 Å². The number of methoxy groups -OCH3 is 1. The van der Waals surface area contributed by atoms with Gasteiger partial charge in [0.15, 0.2) is 11.6 Å². The van der Waals surface area contributed by atoms with Crippen LogP contribution in [0.2, 0.25) is 5.02 Å². The number of carbonyl (C=O) groups is 1. The summed E-state index contributed by atoms with van der Waals surface area (Å²) < 4.78 is 47.5. The van der Waals surface area contributed by atoms with Crippen LogP contribution in [0.25, 0.3) is 11.3 Å². The van der Waals surface area contributed by atoms with Crippen molar-refractivity contribution in [2.75, 3.05) is 13.7 Å². The molecule has 5 atom stereocenters. The van der Waals surface area contributed by atoms with Crippen LogP contribution in [0, 0.1) is 11.6 Å². The van der Waals surface area contributed by atoms with Crippen molar-refractivity contribution in [3.05, 3.63) is 35.0 Å². The molecule has 5 rings (SSSR count). The van der Waals surface area contributed by atoms with Gasteiger partial charge in [-0.25, -0.2) is 18.3 Å². The van der Waals surface area contributed by atoms with E-state index in [1.165, 1.54) is 30.1 Å². The molecule has 3 aliphatic rings. The Morgan fingerprint density at radius 3 is 2.61 bits per heavy atom. The zero-order valence-corrected chi connectivity index (χ0v) is 25.8. The number of nitrogens with zero attached hydrogens (tertiary/aromatic N) is 4. The molecule has 3 N–H and O–H groups in total. The molecule has 1 saturated carbocycles. The van der Waals surface area contributed by atoms with Gasteiger partial charge < -0.3 is 34.6 Å². The first kappa shape index (κ1) is 32.5. The first-order chi connectivity index (χ1) is 20.8. The molecule has 44 heavy (non-hydrogen) atoms.